The van der Waals surface area contributed by atoms with Crippen LogP contribution in [0.1, 0.15) is 23.6 Å². The molecule has 0 aliphatic heterocycles. The van der Waals surface area contributed by atoms with E-state index in [1.54, 1.807) is 0 Å². The molecule has 3 aromatic rings. The molecule has 0 fully saturated rings. The van der Waals surface area contributed by atoms with Crippen LogP contribution in [-0.2, 0) is 4.79 Å². The van der Waals surface area contributed by atoms with Crippen LogP contribution in [0.5, 0.6) is 0 Å². The summed E-state index contributed by atoms with van der Waals surface area (Å²) in [4.78, 5) is 15.7. The summed E-state index contributed by atoms with van der Waals surface area (Å²) in [5.41, 5.74) is 3.24. The van der Waals surface area contributed by atoms with Crippen molar-refractivity contribution in [2.24, 2.45) is 0 Å². The Morgan fingerprint density at radius 3 is 2.70 bits per heavy atom. The Bertz CT molecular complexity index is 815. The highest BCUT2D eigenvalue weighted by Crippen LogP contribution is 2.30. The molecule has 0 radical (unpaired) electrons. The van der Waals surface area contributed by atoms with E-state index < -0.39 is 6.10 Å². The second kappa shape index (κ2) is 6.73. The topological polar surface area (TPSA) is 62.2 Å². The van der Waals surface area contributed by atoms with Gasteiger partial charge in [0.15, 0.2) is 0 Å². The number of carbonyl (C=O) groups excluding carboxylic acids is 1. The molecule has 3 rings (SSSR count). The molecule has 1 atom stereocenters. The number of hydrogen-bond acceptors (Lipinski definition) is 4. The Kier molecular flexibility index (Phi) is 4.50. The van der Waals surface area contributed by atoms with Gasteiger partial charge in [0, 0.05) is 23.6 Å². The smallest absolute Gasteiger partial charge is 0.221 e. The molecule has 116 valence electrons. The van der Waals surface area contributed by atoms with Crippen LogP contribution < -0.4 is 5.32 Å². The van der Waals surface area contributed by atoms with Crippen molar-refractivity contribution in [3.05, 3.63) is 70.5 Å². The predicted molar refractivity (Wildman–Crippen MR) is 92.4 cm³/mol. The largest absolute Gasteiger partial charge is 0.381 e. The Morgan fingerprint density at radius 2 is 1.96 bits per heavy atom. The van der Waals surface area contributed by atoms with Gasteiger partial charge in [-0.3, -0.25) is 4.79 Å². The van der Waals surface area contributed by atoms with E-state index in [-0.39, 0.29) is 5.91 Å². The third-order valence-electron chi connectivity index (χ3n) is 3.35. The van der Waals surface area contributed by atoms with Crippen LogP contribution in [0.15, 0.2) is 60.0 Å². The van der Waals surface area contributed by atoms with Gasteiger partial charge in [-0.25, -0.2) is 4.98 Å². The molecule has 2 aromatic carbocycles. The minimum Gasteiger partial charge on any atom is -0.381 e. The number of carbonyl (C=O) groups is 1. The highest BCUT2D eigenvalue weighted by molar-refractivity contribution is 7.10. The zero-order valence-corrected chi connectivity index (χ0v) is 13.4. The summed E-state index contributed by atoms with van der Waals surface area (Å²) in [6.45, 7) is 1.48. The maximum atomic E-state index is 11.2. The number of rotatable bonds is 4. The number of aliphatic hydroxyl groups is 1. The summed E-state index contributed by atoms with van der Waals surface area (Å²) in [6.07, 6.45) is -0.728. The molecule has 1 unspecified atom stereocenters. The lowest BCUT2D eigenvalue weighted by atomic mass is 10.1. The van der Waals surface area contributed by atoms with E-state index in [0.717, 1.165) is 22.5 Å². The average molecular weight is 324 g/mol. The summed E-state index contributed by atoms with van der Waals surface area (Å²) >= 11 is 1.42. The van der Waals surface area contributed by atoms with Gasteiger partial charge < -0.3 is 10.4 Å². The fraction of sp³-hybridized carbons (Fsp3) is 0.111. The summed E-state index contributed by atoms with van der Waals surface area (Å²) in [6, 6.07) is 17.0. The molecule has 0 saturated carbocycles. The quantitative estimate of drug-likeness (QED) is 0.766. The Balaban J connectivity index is 1.86. The van der Waals surface area contributed by atoms with Gasteiger partial charge in [-0.2, -0.15) is 0 Å². The fourth-order valence-electron chi connectivity index (χ4n) is 2.28. The Labute approximate surface area is 138 Å². The maximum Gasteiger partial charge on any atom is 0.221 e. The average Bonchev–Trinajstić information content (AvgIpc) is 3.04. The Morgan fingerprint density at radius 1 is 1.17 bits per heavy atom. The second-order valence-electron chi connectivity index (χ2n) is 5.15. The minimum absolute atomic E-state index is 0.111. The van der Waals surface area contributed by atoms with Crippen LogP contribution >= 0.6 is 11.3 Å². The van der Waals surface area contributed by atoms with Gasteiger partial charge >= 0.3 is 0 Å². The first-order valence-corrected chi connectivity index (χ1v) is 8.08. The van der Waals surface area contributed by atoms with Gasteiger partial charge in [-0.1, -0.05) is 42.5 Å². The number of amides is 1. The predicted octanol–water partition coefficient (Wildman–Crippen LogP) is 3.85. The van der Waals surface area contributed by atoms with Gasteiger partial charge in [0.05, 0.1) is 5.69 Å². The van der Waals surface area contributed by atoms with Crippen molar-refractivity contribution in [1.82, 2.24) is 4.98 Å². The zero-order chi connectivity index (χ0) is 16.2. The molecule has 4 nitrogen and oxygen atoms in total. The van der Waals surface area contributed by atoms with Gasteiger partial charge in [0.2, 0.25) is 5.91 Å². The van der Waals surface area contributed by atoms with Crippen LogP contribution in [0.3, 0.4) is 0 Å². The van der Waals surface area contributed by atoms with Crippen molar-refractivity contribution in [3.63, 3.8) is 0 Å². The van der Waals surface area contributed by atoms with E-state index in [9.17, 15) is 9.90 Å². The molecule has 1 aromatic heterocycles. The van der Waals surface area contributed by atoms with E-state index in [1.807, 2.05) is 60.0 Å². The van der Waals surface area contributed by atoms with E-state index in [4.69, 9.17) is 0 Å². The molecule has 0 aliphatic carbocycles. The van der Waals surface area contributed by atoms with Crippen LogP contribution in [0.2, 0.25) is 0 Å². The van der Waals surface area contributed by atoms with Gasteiger partial charge in [-0.05, 0) is 17.7 Å². The van der Waals surface area contributed by atoms with Crippen LogP contribution in [0.4, 0.5) is 5.69 Å². The van der Waals surface area contributed by atoms with E-state index in [1.165, 1.54) is 18.3 Å². The number of benzene rings is 2. The summed E-state index contributed by atoms with van der Waals surface area (Å²) in [7, 11) is 0. The number of nitrogens with one attached hydrogen (secondary N) is 1. The fourth-order valence-corrected chi connectivity index (χ4v) is 3.12. The lowest BCUT2D eigenvalue weighted by molar-refractivity contribution is -0.114. The SMILES string of the molecule is CC(=O)Nc1cccc(-c2csc(C(O)c3ccccc3)n2)c1. The Hall–Kier alpha value is -2.50. The van der Waals surface area contributed by atoms with Gasteiger partial charge in [-0.15, -0.1) is 11.3 Å². The van der Waals surface area contributed by atoms with E-state index in [0.29, 0.717) is 5.01 Å². The highest BCUT2D eigenvalue weighted by Gasteiger charge is 2.15. The number of aliphatic hydroxyl groups excluding tert-OH is 1. The molecule has 5 heteroatoms. The standard InChI is InChI=1S/C18H16N2O2S/c1-12(21)19-15-9-5-8-14(10-15)16-11-23-18(20-16)17(22)13-6-3-2-4-7-13/h2-11,17,22H,1H3,(H,19,21). The summed E-state index contributed by atoms with van der Waals surface area (Å²) in [5.74, 6) is -0.111. The molecular weight excluding hydrogens is 308 g/mol. The molecule has 0 bridgehead atoms. The summed E-state index contributed by atoms with van der Waals surface area (Å²) < 4.78 is 0. The first-order chi connectivity index (χ1) is 11.1. The maximum absolute atomic E-state index is 11.2. The van der Waals surface area contributed by atoms with Gasteiger partial charge in [0.25, 0.3) is 0 Å². The van der Waals surface area contributed by atoms with E-state index in [2.05, 4.69) is 10.3 Å². The summed E-state index contributed by atoms with van der Waals surface area (Å²) in [5, 5.41) is 15.7. The molecule has 1 amide bonds. The van der Waals surface area contributed by atoms with Crippen molar-refractivity contribution in [2.75, 3.05) is 5.32 Å². The normalized spacial score (nSPS) is 11.9. The minimum atomic E-state index is -0.728. The monoisotopic (exact) mass is 324 g/mol. The third-order valence-corrected chi connectivity index (χ3v) is 4.25. The van der Waals surface area contributed by atoms with Crippen molar-refractivity contribution in [2.45, 2.75) is 13.0 Å². The molecule has 0 saturated heterocycles. The van der Waals surface area contributed by atoms with Crippen molar-refractivity contribution < 1.29 is 9.90 Å². The molecule has 1 heterocycles. The third kappa shape index (κ3) is 3.64. The number of aromatic nitrogens is 1. The second-order valence-corrected chi connectivity index (χ2v) is 6.04. The number of anilines is 1. The highest BCUT2D eigenvalue weighted by atomic mass is 32.1. The number of thiazole rings is 1. The van der Waals surface area contributed by atoms with E-state index >= 15 is 0 Å². The van der Waals surface area contributed by atoms with Crippen LogP contribution in [0.25, 0.3) is 11.3 Å². The van der Waals surface area contributed by atoms with Crippen LogP contribution in [-0.4, -0.2) is 16.0 Å². The van der Waals surface area contributed by atoms with Crippen molar-refractivity contribution in [1.29, 1.82) is 0 Å². The van der Waals surface area contributed by atoms with Crippen LogP contribution in [0, 0.1) is 0 Å². The zero-order valence-electron chi connectivity index (χ0n) is 12.6. The van der Waals surface area contributed by atoms with Crippen molar-refractivity contribution >= 4 is 22.9 Å². The lowest BCUT2D eigenvalue weighted by Crippen LogP contribution is -2.05. The first-order valence-electron chi connectivity index (χ1n) is 7.20. The number of hydrogen-bond donors (Lipinski definition) is 2. The van der Waals surface area contributed by atoms with Crippen molar-refractivity contribution in [3.8, 4) is 11.3 Å². The number of nitrogens with zero attached hydrogens (tertiary/aromatic N) is 1. The molecule has 23 heavy (non-hydrogen) atoms. The lowest BCUT2D eigenvalue weighted by Gasteiger charge is -2.07. The van der Waals surface area contributed by atoms with Gasteiger partial charge in [0.1, 0.15) is 11.1 Å². The first kappa shape index (κ1) is 15.4. The molecular formula is C18H16N2O2S. The molecule has 0 spiro atoms. The molecule has 0 aliphatic rings. The molecule has 2 N–H and O–H groups in total.